The van der Waals surface area contributed by atoms with Crippen LogP contribution in [-0.2, 0) is 11.3 Å². The predicted molar refractivity (Wildman–Crippen MR) is 110 cm³/mol. The van der Waals surface area contributed by atoms with Crippen LogP contribution in [0.25, 0.3) is 10.8 Å². The molecule has 0 spiro atoms. The monoisotopic (exact) mass is 414 g/mol. The third-order valence-corrected chi connectivity index (χ3v) is 5.87. The topological polar surface area (TPSA) is 43.8 Å². The Bertz CT molecular complexity index is 1070. The number of ether oxygens (including phenoxy) is 3. The molecule has 4 rings (SSSR count). The van der Waals surface area contributed by atoms with Crippen molar-refractivity contribution in [3.05, 3.63) is 64.9 Å². The van der Waals surface area contributed by atoms with Crippen molar-refractivity contribution in [2.45, 2.75) is 25.6 Å². The molecule has 30 heavy (non-hydrogen) atoms. The van der Waals surface area contributed by atoms with Gasteiger partial charge in [-0.3, -0.25) is 4.90 Å². The zero-order valence-corrected chi connectivity index (χ0v) is 17.4. The molecule has 1 aromatic heterocycles. The Morgan fingerprint density at radius 3 is 2.37 bits per heavy atom. The second kappa shape index (κ2) is 8.16. The van der Waals surface area contributed by atoms with Gasteiger partial charge in [0.1, 0.15) is 5.75 Å². The molecule has 2 aromatic carbocycles. The number of benzene rings is 2. The number of fused-ring (bicyclic) bond motifs is 3. The first-order chi connectivity index (χ1) is 14.4. The van der Waals surface area contributed by atoms with Crippen molar-refractivity contribution in [3.8, 4) is 11.6 Å². The summed E-state index contributed by atoms with van der Waals surface area (Å²) in [4.78, 5) is 6.70. The number of aromatic nitrogens is 1. The van der Waals surface area contributed by atoms with Gasteiger partial charge in [0.05, 0.1) is 39.2 Å². The zero-order valence-electron chi connectivity index (χ0n) is 17.4. The van der Waals surface area contributed by atoms with Gasteiger partial charge in [-0.1, -0.05) is 12.1 Å². The Kier molecular flexibility index (Phi) is 5.58. The fraction of sp³-hybridized carbons (Fsp3) is 0.348. The molecule has 158 valence electrons. The van der Waals surface area contributed by atoms with Gasteiger partial charge in [0.25, 0.3) is 0 Å². The highest BCUT2D eigenvalue weighted by Gasteiger charge is 2.32. The first-order valence-electron chi connectivity index (χ1n) is 9.73. The molecular formula is C23H24F2N2O3. The third kappa shape index (κ3) is 3.48. The van der Waals surface area contributed by atoms with Gasteiger partial charge in [-0.05, 0) is 49.2 Å². The van der Waals surface area contributed by atoms with E-state index < -0.39 is 11.6 Å². The first-order valence-corrected chi connectivity index (χ1v) is 9.73. The number of methoxy groups -OCH3 is 2. The van der Waals surface area contributed by atoms with Crippen molar-refractivity contribution in [2.24, 2.45) is 0 Å². The molecule has 0 fully saturated rings. The van der Waals surface area contributed by atoms with Crippen LogP contribution in [0.5, 0.6) is 11.6 Å². The third-order valence-electron chi connectivity index (χ3n) is 5.87. The van der Waals surface area contributed by atoms with Gasteiger partial charge in [-0.2, -0.15) is 0 Å². The van der Waals surface area contributed by atoms with E-state index in [1.54, 1.807) is 7.11 Å². The van der Waals surface area contributed by atoms with Crippen molar-refractivity contribution in [3.63, 3.8) is 0 Å². The summed E-state index contributed by atoms with van der Waals surface area (Å²) in [5.41, 5.74) is 2.63. The van der Waals surface area contributed by atoms with Gasteiger partial charge >= 0.3 is 0 Å². The number of halogens is 2. The van der Waals surface area contributed by atoms with E-state index in [0.717, 1.165) is 22.9 Å². The number of hydrogen-bond acceptors (Lipinski definition) is 5. The second-order valence-corrected chi connectivity index (χ2v) is 7.44. The Labute approximate surface area is 174 Å². The summed E-state index contributed by atoms with van der Waals surface area (Å²) in [6.45, 7) is 2.81. The maximum absolute atomic E-state index is 14.2. The maximum atomic E-state index is 14.2. The van der Waals surface area contributed by atoms with Crippen molar-refractivity contribution < 1.29 is 23.0 Å². The Morgan fingerprint density at radius 2 is 1.73 bits per heavy atom. The zero-order chi connectivity index (χ0) is 21.4. The van der Waals surface area contributed by atoms with Crippen LogP contribution in [-0.4, -0.2) is 37.8 Å². The summed E-state index contributed by atoms with van der Waals surface area (Å²) in [5.74, 6) is -0.766. The lowest BCUT2D eigenvalue weighted by Crippen LogP contribution is -2.34. The SMILES string of the molecule is COc1ccc(C(C)N(C)[C@@H]2COCc3nc(OC)c4cc(F)c(F)cc4c32)cc1. The molecule has 0 bridgehead atoms. The smallest absolute Gasteiger partial charge is 0.221 e. The van der Waals surface area contributed by atoms with E-state index in [2.05, 4.69) is 16.8 Å². The predicted octanol–water partition coefficient (Wildman–Crippen LogP) is 4.79. The molecule has 1 aliphatic heterocycles. The lowest BCUT2D eigenvalue weighted by molar-refractivity contribution is 0.0270. The van der Waals surface area contributed by atoms with Gasteiger partial charge in [-0.25, -0.2) is 13.8 Å². The number of rotatable bonds is 5. The molecular weight excluding hydrogens is 390 g/mol. The fourth-order valence-corrected chi connectivity index (χ4v) is 4.04. The lowest BCUT2D eigenvalue weighted by atomic mass is 9.93. The highest BCUT2D eigenvalue weighted by Crippen LogP contribution is 2.40. The minimum atomic E-state index is -0.925. The van der Waals surface area contributed by atoms with Crippen LogP contribution in [0.3, 0.4) is 0 Å². The normalized spacial score (nSPS) is 17.1. The maximum Gasteiger partial charge on any atom is 0.221 e. The Hall–Kier alpha value is -2.77. The van der Waals surface area contributed by atoms with E-state index in [-0.39, 0.29) is 18.0 Å². The summed E-state index contributed by atoms with van der Waals surface area (Å²) >= 11 is 0. The molecule has 5 nitrogen and oxygen atoms in total. The number of likely N-dealkylation sites (N-methyl/N-ethyl adjacent to an activating group) is 1. The lowest BCUT2D eigenvalue weighted by Gasteiger charge is -2.37. The highest BCUT2D eigenvalue weighted by molar-refractivity contribution is 5.91. The molecule has 2 atom stereocenters. The van der Waals surface area contributed by atoms with Crippen LogP contribution in [0.1, 0.15) is 35.8 Å². The quantitative estimate of drug-likeness (QED) is 0.600. The molecule has 2 heterocycles. The van der Waals surface area contributed by atoms with Crippen LogP contribution >= 0.6 is 0 Å². The molecule has 0 radical (unpaired) electrons. The van der Waals surface area contributed by atoms with Crippen molar-refractivity contribution in [2.75, 3.05) is 27.9 Å². The van der Waals surface area contributed by atoms with Crippen LogP contribution in [0.15, 0.2) is 36.4 Å². The van der Waals surface area contributed by atoms with E-state index in [4.69, 9.17) is 14.2 Å². The molecule has 3 aromatic rings. The molecule has 0 saturated carbocycles. The largest absolute Gasteiger partial charge is 0.497 e. The molecule has 1 unspecified atom stereocenters. The van der Waals surface area contributed by atoms with Gasteiger partial charge in [-0.15, -0.1) is 0 Å². The average molecular weight is 414 g/mol. The van der Waals surface area contributed by atoms with Gasteiger partial charge < -0.3 is 14.2 Å². The van der Waals surface area contributed by atoms with E-state index in [0.29, 0.717) is 29.7 Å². The van der Waals surface area contributed by atoms with Crippen LogP contribution < -0.4 is 9.47 Å². The summed E-state index contributed by atoms with van der Waals surface area (Å²) in [7, 11) is 5.09. The molecule has 0 N–H and O–H groups in total. The van der Waals surface area contributed by atoms with Gasteiger partial charge in [0.15, 0.2) is 11.6 Å². The van der Waals surface area contributed by atoms with E-state index in [1.165, 1.54) is 13.2 Å². The summed E-state index contributed by atoms with van der Waals surface area (Å²) in [5, 5.41) is 1.05. The highest BCUT2D eigenvalue weighted by atomic mass is 19.2. The number of hydrogen-bond donors (Lipinski definition) is 0. The Morgan fingerprint density at radius 1 is 1.07 bits per heavy atom. The molecule has 7 heteroatoms. The summed E-state index contributed by atoms with van der Waals surface area (Å²) in [6, 6.07) is 10.1. The van der Waals surface area contributed by atoms with E-state index in [1.807, 2.05) is 31.3 Å². The van der Waals surface area contributed by atoms with Gasteiger partial charge in [0.2, 0.25) is 5.88 Å². The van der Waals surface area contributed by atoms with E-state index >= 15 is 0 Å². The van der Waals surface area contributed by atoms with Gasteiger partial charge in [0, 0.05) is 17.0 Å². The van der Waals surface area contributed by atoms with Crippen LogP contribution in [0.4, 0.5) is 8.78 Å². The number of pyridine rings is 1. The standard InChI is InChI=1S/C23H24F2N2O3/c1-13(14-5-7-15(28-3)8-6-14)27(2)21-12-30-11-20-22(21)16-9-18(24)19(25)10-17(16)23(26-20)29-4/h5-10,13,21H,11-12H2,1-4H3/t13?,21-/m1/s1. The van der Waals surface area contributed by atoms with Crippen LogP contribution in [0, 0.1) is 11.6 Å². The Balaban J connectivity index is 1.80. The average Bonchev–Trinajstić information content (AvgIpc) is 2.78. The summed E-state index contributed by atoms with van der Waals surface area (Å²) < 4.78 is 44.5. The number of nitrogens with zero attached hydrogens (tertiary/aromatic N) is 2. The first kappa shape index (κ1) is 20.5. The van der Waals surface area contributed by atoms with Crippen molar-refractivity contribution >= 4 is 10.8 Å². The van der Waals surface area contributed by atoms with Crippen LogP contribution in [0.2, 0.25) is 0 Å². The molecule has 0 amide bonds. The van der Waals surface area contributed by atoms with Crippen molar-refractivity contribution in [1.29, 1.82) is 0 Å². The van der Waals surface area contributed by atoms with Crippen molar-refractivity contribution in [1.82, 2.24) is 9.88 Å². The second-order valence-electron chi connectivity index (χ2n) is 7.44. The van der Waals surface area contributed by atoms with E-state index in [9.17, 15) is 8.78 Å². The fourth-order valence-electron chi connectivity index (χ4n) is 4.04. The summed E-state index contributed by atoms with van der Waals surface area (Å²) in [6.07, 6.45) is 0. The molecule has 1 aliphatic rings. The minimum Gasteiger partial charge on any atom is -0.497 e. The minimum absolute atomic E-state index is 0.0397. The molecule has 0 saturated heterocycles. The molecule has 0 aliphatic carbocycles.